The molecule has 3 aromatic carbocycles. The van der Waals surface area contributed by atoms with Crippen molar-refractivity contribution in [2.24, 2.45) is 0 Å². The molecule has 168 valence electrons. The second-order valence-electron chi connectivity index (χ2n) is 6.94. The first-order valence-electron chi connectivity index (χ1n) is 9.64. The van der Waals surface area contributed by atoms with Crippen LogP contribution in [-0.4, -0.2) is 17.3 Å². The number of hydrogen-bond acceptors (Lipinski definition) is 5. The van der Waals surface area contributed by atoms with Crippen molar-refractivity contribution in [3.63, 3.8) is 0 Å². The van der Waals surface area contributed by atoms with Gasteiger partial charge in [-0.1, -0.05) is 53.8 Å². The number of thioether (sulfide) groups is 1. The van der Waals surface area contributed by atoms with E-state index in [-0.39, 0.29) is 23.4 Å². The predicted octanol–water partition coefficient (Wildman–Crippen LogP) is 6.61. The number of hydrogen-bond donors (Lipinski definition) is 0. The first-order chi connectivity index (χ1) is 15.9. The van der Waals surface area contributed by atoms with E-state index < -0.39 is 5.82 Å². The number of methoxy groups -OCH3 is 1. The lowest BCUT2D eigenvalue weighted by molar-refractivity contribution is -0.113. The lowest BCUT2D eigenvalue weighted by atomic mass is 10.1. The molecule has 1 saturated heterocycles. The number of benzene rings is 3. The highest BCUT2D eigenvalue weighted by atomic mass is 35.5. The summed E-state index contributed by atoms with van der Waals surface area (Å²) >= 11 is 12.3. The number of nitrogens with zero attached hydrogens (tertiary/aromatic N) is 1. The highest BCUT2D eigenvalue weighted by molar-refractivity contribution is 8.27. The Hall–Kier alpha value is -2.94. The number of thiocarbonyl (C=S) groups is 1. The Morgan fingerprint density at radius 1 is 1.06 bits per heavy atom. The first-order valence-corrected chi connectivity index (χ1v) is 11.2. The van der Waals surface area contributed by atoms with E-state index in [0.29, 0.717) is 32.0 Å². The van der Waals surface area contributed by atoms with Gasteiger partial charge in [0.15, 0.2) is 15.8 Å². The molecular formula is C24H16ClF2NO3S2. The minimum Gasteiger partial charge on any atom is -0.493 e. The quantitative estimate of drug-likeness (QED) is 0.279. The summed E-state index contributed by atoms with van der Waals surface area (Å²) in [5.41, 5.74) is 1.92. The average molecular weight is 504 g/mol. The number of anilines is 1. The van der Waals surface area contributed by atoms with Gasteiger partial charge in [-0.15, -0.1) is 0 Å². The SMILES string of the molecule is COc1cc(/C=C2/SC(=S)N(c3ccc(F)c(Cl)c3)C2=O)ccc1OCc1ccc(F)cc1. The van der Waals surface area contributed by atoms with Gasteiger partial charge in [-0.3, -0.25) is 9.69 Å². The number of rotatable bonds is 6. The Kier molecular flexibility index (Phi) is 6.97. The highest BCUT2D eigenvalue weighted by Gasteiger charge is 2.33. The van der Waals surface area contributed by atoms with Crippen LogP contribution in [0.5, 0.6) is 11.5 Å². The Bertz CT molecular complexity index is 1270. The Morgan fingerprint density at radius 2 is 1.82 bits per heavy atom. The zero-order valence-electron chi connectivity index (χ0n) is 17.2. The maximum Gasteiger partial charge on any atom is 0.270 e. The molecule has 3 aromatic rings. The third-order valence-electron chi connectivity index (χ3n) is 4.75. The van der Waals surface area contributed by atoms with E-state index in [4.69, 9.17) is 33.3 Å². The van der Waals surface area contributed by atoms with Gasteiger partial charge in [0.05, 0.1) is 22.7 Å². The van der Waals surface area contributed by atoms with Gasteiger partial charge in [0.1, 0.15) is 18.2 Å². The monoisotopic (exact) mass is 503 g/mol. The maximum atomic E-state index is 13.5. The van der Waals surface area contributed by atoms with Crippen molar-refractivity contribution in [2.45, 2.75) is 6.61 Å². The summed E-state index contributed by atoms with van der Waals surface area (Å²) in [5, 5.41) is -0.0912. The third kappa shape index (κ3) is 5.19. The molecule has 0 spiro atoms. The summed E-state index contributed by atoms with van der Waals surface area (Å²) in [7, 11) is 1.52. The molecular weight excluding hydrogens is 488 g/mol. The van der Waals surface area contributed by atoms with Gasteiger partial charge < -0.3 is 9.47 Å². The highest BCUT2D eigenvalue weighted by Crippen LogP contribution is 2.38. The molecule has 1 aliphatic heterocycles. The van der Waals surface area contributed by atoms with Crippen LogP contribution in [0.2, 0.25) is 5.02 Å². The van der Waals surface area contributed by atoms with Crippen molar-refractivity contribution in [2.75, 3.05) is 12.0 Å². The smallest absolute Gasteiger partial charge is 0.270 e. The van der Waals surface area contributed by atoms with Gasteiger partial charge in [-0.05, 0) is 59.7 Å². The minimum absolute atomic E-state index is 0.0912. The van der Waals surface area contributed by atoms with E-state index in [9.17, 15) is 13.6 Å². The number of carbonyl (C=O) groups is 1. The largest absolute Gasteiger partial charge is 0.493 e. The molecule has 0 radical (unpaired) electrons. The predicted molar refractivity (Wildman–Crippen MR) is 131 cm³/mol. The molecule has 9 heteroatoms. The first kappa shape index (κ1) is 23.2. The number of amides is 1. The summed E-state index contributed by atoms with van der Waals surface area (Å²) in [5.74, 6) is -0.230. The third-order valence-corrected chi connectivity index (χ3v) is 6.34. The van der Waals surface area contributed by atoms with E-state index in [1.165, 1.54) is 42.3 Å². The summed E-state index contributed by atoms with van der Waals surface area (Å²) in [6.07, 6.45) is 1.69. The molecule has 0 saturated carbocycles. The molecule has 1 amide bonds. The fourth-order valence-corrected chi connectivity index (χ4v) is 4.57. The minimum atomic E-state index is -0.574. The van der Waals surface area contributed by atoms with Crippen LogP contribution in [0.4, 0.5) is 14.5 Å². The van der Waals surface area contributed by atoms with Crippen molar-refractivity contribution in [3.8, 4) is 11.5 Å². The van der Waals surface area contributed by atoms with Crippen LogP contribution < -0.4 is 14.4 Å². The molecule has 4 rings (SSSR count). The van der Waals surface area contributed by atoms with Crippen LogP contribution in [0.1, 0.15) is 11.1 Å². The van der Waals surface area contributed by atoms with Crippen LogP contribution in [0.15, 0.2) is 65.6 Å². The molecule has 0 aliphatic carbocycles. The van der Waals surface area contributed by atoms with Crippen LogP contribution >= 0.6 is 35.6 Å². The van der Waals surface area contributed by atoms with Crippen molar-refractivity contribution >= 4 is 57.6 Å². The summed E-state index contributed by atoms with van der Waals surface area (Å²) in [6.45, 7) is 0.245. The van der Waals surface area contributed by atoms with E-state index in [0.717, 1.165) is 17.3 Å². The second-order valence-corrected chi connectivity index (χ2v) is 9.02. The molecule has 0 atom stereocenters. The van der Waals surface area contributed by atoms with Gasteiger partial charge in [0.2, 0.25) is 0 Å². The molecule has 4 nitrogen and oxygen atoms in total. The molecule has 1 aliphatic rings. The van der Waals surface area contributed by atoms with Gasteiger partial charge in [-0.2, -0.15) is 0 Å². The topological polar surface area (TPSA) is 38.8 Å². The zero-order chi connectivity index (χ0) is 23.5. The molecule has 33 heavy (non-hydrogen) atoms. The molecule has 0 unspecified atom stereocenters. The summed E-state index contributed by atoms with van der Waals surface area (Å²) in [4.78, 5) is 14.7. The van der Waals surface area contributed by atoms with Gasteiger partial charge in [-0.25, -0.2) is 8.78 Å². The standard InChI is InChI=1S/C24H16ClF2NO3S2/c1-30-21-10-15(4-9-20(21)31-13-14-2-5-16(26)6-3-14)11-22-23(29)28(24(32)33-22)17-7-8-19(27)18(25)12-17/h2-12H,13H2,1H3/b22-11+. The number of carbonyl (C=O) groups excluding carboxylic acids is 1. The molecule has 0 bridgehead atoms. The van der Waals surface area contributed by atoms with Crippen molar-refractivity contribution in [1.82, 2.24) is 0 Å². The van der Waals surface area contributed by atoms with E-state index in [1.807, 2.05) is 0 Å². The van der Waals surface area contributed by atoms with E-state index in [1.54, 1.807) is 36.4 Å². The Morgan fingerprint density at radius 3 is 2.52 bits per heavy atom. The van der Waals surface area contributed by atoms with Gasteiger partial charge in [0, 0.05) is 0 Å². The summed E-state index contributed by atoms with van der Waals surface area (Å²) in [6, 6.07) is 15.3. The van der Waals surface area contributed by atoms with Crippen molar-refractivity contribution < 1.29 is 23.0 Å². The van der Waals surface area contributed by atoms with Gasteiger partial charge >= 0.3 is 0 Å². The Labute approximate surface area is 203 Å². The van der Waals surface area contributed by atoms with Crippen LogP contribution in [-0.2, 0) is 11.4 Å². The zero-order valence-corrected chi connectivity index (χ0v) is 19.6. The second kappa shape index (κ2) is 9.91. The van der Waals surface area contributed by atoms with Crippen LogP contribution in [0, 0.1) is 11.6 Å². The van der Waals surface area contributed by atoms with Crippen LogP contribution in [0.3, 0.4) is 0 Å². The maximum absolute atomic E-state index is 13.5. The van der Waals surface area contributed by atoms with Gasteiger partial charge in [0.25, 0.3) is 5.91 Å². The molecule has 1 heterocycles. The average Bonchev–Trinajstić information content (AvgIpc) is 3.08. The molecule has 1 fully saturated rings. The lowest BCUT2D eigenvalue weighted by Gasteiger charge is -2.14. The Balaban J connectivity index is 1.53. The fourth-order valence-electron chi connectivity index (χ4n) is 3.10. The van der Waals surface area contributed by atoms with Crippen LogP contribution in [0.25, 0.3) is 6.08 Å². The fraction of sp³-hybridized carbons (Fsp3) is 0.0833. The number of ether oxygens (including phenoxy) is 2. The molecule has 0 aromatic heterocycles. The normalized spacial score (nSPS) is 14.8. The number of halogens is 3. The van der Waals surface area contributed by atoms with E-state index in [2.05, 4.69) is 0 Å². The van der Waals surface area contributed by atoms with Crippen molar-refractivity contribution in [1.29, 1.82) is 0 Å². The van der Waals surface area contributed by atoms with Crippen molar-refractivity contribution in [3.05, 3.63) is 93.4 Å². The van der Waals surface area contributed by atoms with E-state index >= 15 is 0 Å². The summed E-state index contributed by atoms with van der Waals surface area (Å²) < 4.78 is 38.1. The molecule has 0 N–H and O–H groups in total. The lowest BCUT2D eigenvalue weighted by Crippen LogP contribution is -2.27.